The molecule has 0 saturated carbocycles. The Hall–Kier alpha value is -2.74. The number of anilines is 3. The highest BCUT2D eigenvalue weighted by atomic mass is 16.1. The first kappa shape index (κ1) is 17.6. The fourth-order valence-electron chi connectivity index (χ4n) is 2.53. The van der Waals surface area contributed by atoms with Gasteiger partial charge in [-0.15, -0.1) is 0 Å². The summed E-state index contributed by atoms with van der Waals surface area (Å²) in [4.78, 5) is 23.8. The van der Waals surface area contributed by atoms with Crippen LogP contribution in [0.1, 0.15) is 23.3 Å². The number of rotatable bonds is 3. The molecule has 0 aromatic carbocycles. The molecule has 8 heteroatoms. The van der Waals surface area contributed by atoms with Gasteiger partial charge in [-0.05, 0) is 18.9 Å². The molecule has 0 amide bonds. The largest absolute Gasteiger partial charge is 0.386 e. The lowest BCUT2D eigenvalue weighted by Gasteiger charge is -2.33. The molecule has 1 saturated heterocycles. The van der Waals surface area contributed by atoms with Crippen molar-refractivity contribution in [3.05, 3.63) is 36.5 Å². The number of carbonyl (C=O) groups is 1. The summed E-state index contributed by atoms with van der Waals surface area (Å²) in [5.41, 5.74) is 13.7. The van der Waals surface area contributed by atoms with E-state index < -0.39 is 0 Å². The average molecular weight is 329 g/mol. The molecular formula is C16H23N7O. The van der Waals surface area contributed by atoms with Crippen LogP contribution < -0.4 is 21.7 Å². The maximum atomic E-state index is 10.0. The van der Waals surface area contributed by atoms with Gasteiger partial charge in [0, 0.05) is 44.8 Å². The number of aromatic nitrogens is 3. The highest BCUT2D eigenvalue weighted by molar-refractivity contribution is 5.78. The maximum Gasteiger partial charge on any atom is 0.172 e. The van der Waals surface area contributed by atoms with Crippen molar-refractivity contribution in [2.75, 3.05) is 36.1 Å². The molecule has 1 atom stereocenters. The molecule has 0 aliphatic carbocycles. The van der Waals surface area contributed by atoms with Crippen LogP contribution in [0.5, 0.6) is 0 Å². The molecule has 3 rings (SSSR count). The highest BCUT2D eigenvalue weighted by Gasteiger charge is 2.18. The summed E-state index contributed by atoms with van der Waals surface area (Å²) in [6, 6.07) is 2.29. The van der Waals surface area contributed by atoms with E-state index in [0.29, 0.717) is 12.3 Å². The molecule has 0 bridgehead atoms. The fourth-order valence-corrected chi connectivity index (χ4v) is 2.53. The lowest BCUT2D eigenvalue weighted by molar-refractivity contribution is 0.111. The summed E-state index contributed by atoms with van der Waals surface area (Å²) < 4.78 is 0. The number of hydrogen-bond donors (Lipinski definition) is 3. The van der Waals surface area contributed by atoms with E-state index in [1.165, 1.54) is 18.8 Å². The van der Waals surface area contributed by atoms with Crippen molar-refractivity contribution in [1.82, 2.24) is 15.0 Å². The Bertz CT molecular complexity index is 664. The first-order valence-corrected chi connectivity index (χ1v) is 7.79. The van der Waals surface area contributed by atoms with Crippen LogP contribution in [0.3, 0.4) is 0 Å². The van der Waals surface area contributed by atoms with E-state index in [2.05, 4.69) is 25.2 Å². The van der Waals surface area contributed by atoms with Gasteiger partial charge in [-0.3, -0.25) is 9.78 Å². The standard InChI is InChI=1S/C11H18N4.C5H5N3O/c1-13-10-4-5-14-7-11(10)15-6-2-3-9(12)8-15;6-5-4(3-9)7-1-2-8-5/h4-5,7,9H,2-3,6,8,12H2,1H3,(H,13,14);1-3H,(H2,6,8). The van der Waals surface area contributed by atoms with Crippen LogP contribution >= 0.6 is 0 Å². The zero-order valence-corrected chi connectivity index (χ0v) is 13.7. The third-order valence-electron chi connectivity index (χ3n) is 3.74. The van der Waals surface area contributed by atoms with Crippen LogP contribution in [0.4, 0.5) is 17.2 Å². The summed E-state index contributed by atoms with van der Waals surface area (Å²) >= 11 is 0. The van der Waals surface area contributed by atoms with Gasteiger partial charge in [0.05, 0.1) is 17.6 Å². The van der Waals surface area contributed by atoms with Gasteiger partial charge in [0.15, 0.2) is 12.1 Å². The van der Waals surface area contributed by atoms with E-state index in [4.69, 9.17) is 11.5 Å². The van der Waals surface area contributed by atoms with Gasteiger partial charge in [-0.2, -0.15) is 0 Å². The van der Waals surface area contributed by atoms with E-state index in [0.717, 1.165) is 30.9 Å². The molecule has 128 valence electrons. The zero-order valence-electron chi connectivity index (χ0n) is 13.7. The smallest absolute Gasteiger partial charge is 0.172 e. The molecule has 2 aromatic rings. The van der Waals surface area contributed by atoms with Gasteiger partial charge in [-0.1, -0.05) is 0 Å². The molecule has 1 aliphatic rings. The van der Waals surface area contributed by atoms with Crippen LogP contribution in [-0.2, 0) is 0 Å². The van der Waals surface area contributed by atoms with Gasteiger partial charge < -0.3 is 21.7 Å². The molecule has 3 heterocycles. The number of nitrogens with zero attached hydrogens (tertiary/aromatic N) is 4. The minimum atomic E-state index is 0.174. The van der Waals surface area contributed by atoms with Gasteiger partial charge in [0.2, 0.25) is 0 Å². The van der Waals surface area contributed by atoms with Gasteiger partial charge >= 0.3 is 0 Å². The zero-order chi connectivity index (χ0) is 17.4. The summed E-state index contributed by atoms with van der Waals surface area (Å²) in [5, 5.41) is 3.19. The Morgan fingerprint density at radius 2 is 2.12 bits per heavy atom. The SMILES string of the molecule is CNc1ccncc1N1CCCC(N)C1.Nc1nccnc1C=O. The van der Waals surface area contributed by atoms with E-state index >= 15 is 0 Å². The number of aldehydes is 1. The summed E-state index contributed by atoms with van der Waals surface area (Å²) in [7, 11) is 1.93. The number of piperidine rings is 1. The predicted octanol–water partition coefficient (Wildman–Crippen LogP) is 0.922. The van der Waals surface area contributed by atoms with Crippen LogP contribution in [-0.4, -0.2) is 47.4 Å². The first-order chi connectivity index (χ1) is 11.7. The normalized spacial score (nSPS) is 16.8. The third kappa shape index (κ3) is 4.63. The molecule has 5 N–H and O–H groups in total. The third-order valence-corrected chi connectivity index (χ3v) is 3.74. The van der Waals surface area contributed by atoms with Crippen molar-refractivity contribution < 1.29 is 4.79 Å². The fraction of sp³-hybridized carbons (Fsp3) is 0.375. The Labute approximate surface area is 141 Å². The molecule has 1 fully saturated rings. The molecular weight excluding hydrogens is 306 g/mol. The minimum absolute atomic E-state index is 0.174. The number of nitrogens with two attached hydrogens (primary N) is 2. The Morgan fingerprint density at radius 3 is 2.75 bits per heavy atom. The number of hydrogen-bond acceptors (Lipinski definition) is 8. The maximum absolute atomic E-state index is 10.0. The van der Waals surface area contributed by atoms with Crippen molar-refractivity contribution in [2.45, 2.75) is 18.9 Å². The number of nitrogen functional groups attached to an aromatic ring is 1. The lowest BCUT2D eigenvalue weighted by Crippen LogP contribution is -2.43. The second kappa shape index (κ2) is 8.78. The predicted molar refractivity (Wildman–Crippen MR) is 95.0 cm³/mol. The van der Waals surface area contributed by atoms with E-state index in [-0.39, 0.29) is 11.5 Å². The van der Waals surface area contributed by atoms with Crippen molar-refractivity contribution in [2.24, 2.45) is 5.73 Å². The number of nitrogens with one attached hydrogen (secondary N) is 1. The topological polar surface area (TPSA) is 123 Å². The van der Waals surface area contributed by atoms with Crippen molar-refractivity contribution in [3.63, 3.8) is 0 Å². The van der Waals surface area contributed by atoms with Crippen LogP contribution in [0.25, 0.3) is 0 Å². The van der Waals surface area contributed by atoms with Crippen LogP contribution in [0.15, 0.2) is 30.9 Å². The molecule has 0 spiro atoms. The van der Waals surface area contributed by atoms with Crippen LogP contribution in [0.2, 0.25) is 0 Å². The Kier molecular flexibility index (Phi) is 6.44. The number of pyridine rings is 1. The highest BCUT2D eigenvalue weighted by Crippen LogP contribution is 2.26. The molecule has 0 radical (unpaired) electrons. The lowest BCUT2D eigenvalue weighted by atomic mass is 10.1. The van der Waals surface area contributed by atoms with Gasteiger partial charge in [0.25, 0.3) is 0 Å². The van der Waals surface area contributed by atoms with E-state index in [1.807, 2.05) is 19.3 Å². The molecule has 24 heavy (non-hydrogen) atoms. The first-order valence-electron chi connectivity index (χ1n) is 7.79. The van der Waals surface area contributed by atoms with E-state index in [1.54, 1.807) is 6.20 Å². The molecule has 8 nitrogen and oxygen atoms in total. The van der Waals surface area contributed by atoms with E-state index in [9.17, 15) is 4.79 Å². The van der Waals surface area contributed by atoms with Gasteiger partial charge in [0.1, 0.15) is 5.69 Å². The number of carbonyl (C=O) groups excluding carboxylic acids is 1. The second-order valence-electron chi connectivity index (χ2n) is 5.44. The summed E-state index contributed by atoms with van der Waals surface area (Å²) in [6.45, 7) is 2.01. The molecule has 1 unspecified atom stereocenters. The average Bonchev–Trinajstić information content (AvgIpc) is 2.62. The summed E-state index contributed by atoms with van der Waals surface area (Å²) in [6.07, 6.45) is 9.43. The monoisotopic (exact) mass is 329 g/mol. The minimum Gasteiger partial charge on any atom is -0.386 e. The summed E-state index contributed by atoms with van der Waals surface area (Å²) in [5.74, 6) is 0.174. The quantitative estimate of drug-likeness (QED) is 0.710. The molecule has 2 aromatic heterocycles. The second-order valence-corrected chi connectivity index (χ2v) is 5.44. The Morgan fingerprint density at radius 1 is 1.33 bits per heavy atom. The van der Waals surface area contributed by atoms with Crippen molar-refractivity contribution >= 4 is 23.5 Å². The Balaban J connectivity index is 0.000000198. The molecule has 1 aliphatic heterocycles. The van der Waals surface area contributed by atoms with Crippen molar-refractivity contribution in [1.29, 1.82) is 0 Å². The van der Waals surface area contributed by atoms with Crippen molar-refractivity contribution in [3.8, 4) is 0 Å². The van der Waals surface area contributed by atoms with Gasteiger partial charge in [-0.25, -0.2) is 9.97 Å². The van der Waals surface area contributed by atoms with Crippen LogP contribution in [0, 0.1) is 0 Å².